The number of aromatic nitrogens is 1. The van der Waals surface area contributed by atoms with Gasteiger partial charge in [-0.05, 0) is 31.5 Å². The van der Waals surface area contributed by atoms with Crippen molar-refractivity contribution in [2.45, 2.75) is 19.1 Å². The van der Waals surface area contributed by atoms with Crippen LogP contribution < -0.4 is 5.32 Å². The third-order valence-corrected chi connectivity index (χ3v) is 5.59. The van der Waals surface area contributed by atoms with Crippen LogP contribution in [0.15, 0.2) is 33.9 Å². The molecule has 0 aliphatic carbocycles. The number of thiophene rings is 1. The number of nitrogens with zero attached hydrogens (tertiary/aromatic N) is 2. The highest BCUT2D eigenvalue weighted by atomic mass is 32.2. The third-order valence-electron chi connectivity index (χ3n) is 3.57. The van der Waals surface area contributed by atoms with Crippen molar-refractivity contribution in [3.63, 3.8) is 0 Å². The lowest BCUT2D eigenvalue weighted by atomic mass is 10.2. The molecule has 0 spiro atoms. The summed E-state index contributed by atoms with van der Waals surface area (Å²) in [5.74, 6) is -0.767. The van der Waals surface area contributed by atoms with Crippen molar-refractivity contribution in [3.05, 3.63) is 40.3 Å². The van der Waals surface area contributed by atoms with Crippen molar-refractivity contribution < 1.29 is 18.7 Å². The Morgan fingerprint density at radius 1 is 1.41 bits per heavy atom. The molecule has 7 nitrogen and oxygen atoms in total. The molecular weight excluding hydrogens is 386 g/mol. The van der Waals surface area contributed by atoms with E-state index in [1.165, 1.54) is 0 Å². The molecule has 27 heavy (non-hydrogen) atoms. The highest BCUT2D eigenvalue weighted by Gasteiger charge is 2.22. The number of amides is 1. The van der Waals surface area contributed by atoms with Gasteiger partial charge >= 0.3 is 5.97 Å². The summed E-state index contributed by atoms with van der Waals surface area (Å²) in [6.45, 7) is 3.60. The fourth-order valence-corrected chi connectivity index (χ4v) is 4.04. The van der Waals surface area contributed by atoms with Gasteiger partial charge in [0.05, 0.1) is 17.9 Å². The predicted octanol–water partition coefficient (Wildman–Crippen LogP) is 3.98. The number of nitriles is 1. The van der Waals surface area contributed by atoms with E-state index in [1.807, 2.05) is 24.3 Å². The summed E-state index contributed by atoms with van der Waals surface area (Å²) >= 11 is 2.19. The van der Waals surface area contributed by atoms with E-state index in [-0.39, 0.29) is 23.8 Å². The van der Waals surface area contributed by atoms with Gasteiger partial charge in [-0.2, -0.15) is 5.26 Å². The highest BCUT2D eigenvalue weighted by Crippen LogP contribution is 2.33. The van der Waals surface area contributed by atoms with E-state index in [0.29, 0.717) is 26.2 Å². The van der Waals surface area contributed by atoms with Gasteiger partial charge in [0.25, 0.3) is 5.22 Å². The maximum Gasteiger partial charge on any atom is 0.348 e. The molecule has 0 aliphatic heterocycles. The molecule has 1 aromatic carbocycles. The number of oxazole rings is 1. The molecule has 0 saturated carbocycles. The first-order valence-corrected chi connectivity index (χ1v) is 9.82. The van der Waals surface area contributed by atoms with Gasteiger partial charge in [0.2, 0.25) is 5.91 Å². The third kappa shape index (κ3) is 4.13. The molecule has 1 N–H and O–H groups in total. The van der Waals surface area contributed by atoms with Crippen LogP contribution in [-0.2, 0) is 9.53 Å². The molecule has 0 radical (unpaired) electrons. The summed E-state index contributed by atoms with van der Waals surface area (Å²) in [7, 11) is 0. The van der Waals surface area contributed by atoms with Crippen LogP contribution in [-0.4, -0.2) is 29.2 Å². The molecule has 1 amide bonds. The first-order valence-electron chi connectivity index (χ1n) is 8.02. The molecule has 3 rings (SSSR count). The fourth-order valence-electron chi connectivity index (χ4n) is 2.33. The number of nitrogens with one attached hydrogen (secondary N) is 1. The number of ether oxygens (including phenoxy) is 1. The zero-order valence-electron chi connectivity index (χ0n) is 14.6. The summed E-state index contributed by atoms with van der Waals surface area (Å²) in [4.78, 5) is 28.8. The van der Waals surface area contributed by atoms with Crippen LogP contribution in [0.4, 0.5) is 5.00 Å². The molecule has 0 atom stereocenters. The molecular formula is C18H15N3O4S2. The van der Waals surface area contributed by atoms with Crippen LogP contribution in [0.25, 0.3) is 11.1 Å². The minimum Gasteiger partial charge on any atom is -0.462 e. The summed E-state index contributed by atoms with van der Waals surface area (Å²) < 4.78 is 10.5. The average molecular weight is 401 g/mol. The quantitative estimate of drug-likeness (QED) is 0.492. The van der Waals surface area contributed by atoms with E-state index < -0.39 is 5.97 Å². The lowest BCUT2D eigenvalue weighted by Crippen LogP contribution is -2.13. The summed E-state index contributed by atoms with van der Waals surface area (Å²) in [5.41, 5.74) is 2.14. The molecule has 9 heteroatoms. The van der Waals surface area contributed by atoms with E-state index in [9.17, 15) is 14.9 Å². The van der Waals surface area contributed by atoms with Gasteiger partial charge in [-0.15, -0.1) is 11.3 Å². The van der Waals surface area contributed by atoms with Crippen molar-refractivity contribution in [1.29, 1.82) is 5.26 Å². The van der Waals surface area contributed by atoms with Crippen LogP contribution in [0.5, 0.6) is 0 Å². The Bertz CT molecular complexity index is 1020. The van der Waals surface area contributed by atoms with Crippen LogP contribution in [0.2, 0.25) is 0 Å². The summed E-state index contributed by atoms with van der Waals surface area (Å²) in [6, 6.07) is 9.36. The van der Waals surface area contributed by atoms with Gasteiger partial charge in [0.1, 0.15) is 21.5 Å². The molecule has 0 aliphatic rings. The number of hydrogen-bond donors (Lipinski definition) is 1. The molecule has 0 unspecified atom stereocenters. The second-order valence-corrected chi connectivity index (χ2v) is 7.32. The number of anilines is 1. The van der Waals surface area contributed by atoms with Gasteiger partial charge in [-0.3, -0.25) is 4.79 Å². The zero-order chi connectivity index (χ0) is 19.4. The van der Waals surface area contributed by atoms with E-state index >= 15 is 0 Å². The van der Waals surface area contributed by atoms with Crippen molar-refractivity contribution >= 4 is 51.1 Å². The van der Waals surface area contributed by atoms with E-state index in [1.54, 1.807) is 19.9 Å². The first-order chi connectivity index (χ1) is 13.0. The molecule has 0 fully saturated rings. The van der Waals surface area contributed by atoms with Gasteiger partial charge in [0.15, 0.2) is 5.58 Å². The number of benzene rings is 1. The monoisotopic (exact) mass is 401 g/mol. The topological polar surface area (TPSA) is 105 Å². The first kappa shape index (κ1) is 18.9. The molecule has 138 valence electrons. The van der Waals surface area contributed by atoms with Gasteiger partial charge < -0.3 is 14.5 Å². The zero-order valence-corrected chi connectivity index (χ0v) is 16.2. The van der Waals surface area contributed by atoms with Crippen LogP contribution in [0.1, 0.15) is 27.7 Å². The molecule has 0 saturated heterocycles. The Kier molecular flexibility index (Phi) is 5.78. The second kappa shape index (κ2) is 8.24. The number of carbonyl (C=O) groups excluding carboxylic acids is 2. The number of esters is 1. The van der Waals surface area contributed by atoms with Gasteiger partial charge in [-0.25, -0.2) is 9.78 Å². The van der Waals surface area contributed by atoms with Crippen molar-refractivity contribution in [1.82, 2.24) is 4.98 Å². The number of thioether (sulfide) groups is 1. The molecule has 0 bridgehead atoms. The Morgan fingerprint density at radius 3 is 2.89 bits per heavy atom. The van der Waals surface area contributed by atoms with Crippen LogP contribution >= 0.6 is 23.1 Å². The summed E-state index contributed by atoms with van der Waals surface area (Å²) in [5, 5.41) is 12.8. The van der Waals surface area contributed by atoms with Crippen molar-refractivity contribution in [3.8, 4) is 6.07 Å². The van der Waals surface area contributed by atoms with Crippen LogP contribution in [0.3, 0.4) is 0 Å². The fraction of sp³-hybridized carbons (Fsp3) is 0.222. The van der Waals surface area contributed by atoms with E-state index in [4.69, 9.17) is 9.15 Å². The molecule has 2 aromatic heterocycles. The van der Waals surface area contributed by atoms with Crippen molar-refractivity contribution in [2.24, 2.45) is 0 Å². The Hall–Kier alpha value is -2.83. The highest BCUT2D eigenvalue weighted by molar-refractivity contribution is 7.99. The predicted molar refractivity (Wildman–Crippen MR) is 103 cm³/mol. The number of para-hydroxylation sites is 2. The Labute approximate surface area is 163 Å². The maximum absolute atomic E-state index is 12.3. The number of fused-ring (bicyclic) bond motifs is 1. The van der Waals surface area contributed by atoms with Gasteiger partial charge in [-0.1, -0.05) is 23.9 Å². The Morgan fingerprint density at radius 2 is 2.19 bits per heavy atom. The standard InChI is InChI=1S/C18H15N3O4S2/c1-3-24-17(23)15-10(2)11(8-19)16(27-15)21-14(22)9-26-18-20-12-6-4-5-7-13(12)25-18/h4-7H,3,9H2,1-2H3,(H,21,22). The number of carbonyl (C=O) groups is 2. The smallest absolute Gasteiger partial charge is 0.348 e. The Balaban J connectivity index is 1.69. The lowest BCUT2D eigenvalue weighted by molar-refractivity contribution is -0.113. The van der Waals surface area contributed by atoms with Crippen LogP contribution in [0, 0.1) is 18.3 Å². The lowest BCUT2D eigenvalue weighted by Gasteiger charge is -2.01. The largest absolute Gasteiger partial charge is 0.462 e. The minimum atomic E-state index is -0.502. The van der Waals surface area contributed by atoms with Gasteiger partial charge in [0, 0.05) is 0 Å². The molecule has 2 heterocycles. The van der Waals surface area contributed by atoms with Crippen molar-refractivity contribution in [2.75, 3.05) is 17.7 Å². The van der Waals surface area contributed by atoms with E-state index in [2.05, 4.69) is 10.3 Å². The SMILES string of the molecule is CCOC(=O)c1sc(NC(=O)CSc2nc3ccccc3o2)c(C#N)c1C. The number of rotatable bonds is 6. The summed E-state index contributed by atoms with van der Waals surface area (Å²) in [6.07, 6.45) is 0. The average Bonchev–Trinajstić information content (AvgIpc) is 3.20. The normalized spacial score (nSPS) is 10.6. The maximum atomic E-state index is 12.3. The van der Waals surface area contributed by atoms with E-state index in [0.717, 1.165) is 28.6 Å². The minimum absolute atomic E-state index is 0.0589. The molecule has 3 aromatic rings. The second-order valence-electron chi connectivity index (χ2n) is 5.38. The number of hydrogen-bond acceptors (Lipinski definition) is 8.